The lowest BCUT2D eigenvalue weighted by atomic mass is 10.0. The van der Waals surface area contributed by atoms with Crippen LogP contribution in [0.5, 0.6) is 11.5 Å². The number of likely N-dealkylation sites (tertiary alicyclic amines) is 1. The van der Waals surface area contributed by atoms with Crippen LogP contribution in [0.25, 0.3) is 0 Å². The highest BCUT2D eigenvalue weighted by Crippen LogP contribution is 2.39. The van der Waals surface area contributed by atoms with Gasteiger partial charge in [-0.05, 0) is 48.7 Å². The number of halogens is 3. The van der Waals surface area contributed by atoms with E-state index in [-0.39, 0.29) is 29.3 Å². The van der Waals surface area contributed by atoms with Crippen LogP contribution in [-0.2, 0) is 17.5 Å². The van der Waals surface area contributed by atoms with E-state index in [4.69, 9.17) is 9.47 Å². The van der Waals surface area contributed by atoms with Crippen molar-refractivity contribution in [1.82, 2.24) is 15.5 Å². The van der Waals surface area contributed by atoms with Crippen LogP contribution >= 0.6 is 11.8 Å². The number of rotatable bonds is 4. The monoisotopic (exact) mass is 522 g/mol. The Bertz CT molecular complexity index is 1150. The van der Waals surface area contributed by atoms with Gasteiger partial charge in [-0.15, -0.1) is 11.8 Å². The zero-order valence-electron chi connectivity index (χ0n) is 19.2. The van der Waals surface area contributed by atoms with E-state index in [1.54, 1.807) is 16.7 Å². The van der Waals surface area contributed by atoms with Crippen molar-refractivity contribution >= 4 is 29.4 Å². The number of fused-ring (bicyclic) bond motifs is 1. The number of ether oxygens (including phenoxy) is 2. The third-order valence-electron chi connectivity index (χ3n) is 6.48. The van der Waals surface area contributed by atoms with E-state index < -0.39 is 17.8 Å². The van der Waals surface area contributed by atoms with Crippen LogP contribution in [0.2, 0.25) is 0 Å². The average Bonchev–Trinajstić information content (AvgIpc) is 3.50. The van der Waals surface area contributed by atoms with Crippen molar-refractivity contribution in [1.29, 1.82) is 0 Å². The summed E-state index contributed by atoms with van der Waals surface area (Å²) in [5.41, 5.74) is 0.197. The second kappa shape index (κ2) is 9.74. The second-order valence-corrected chi connectivity index (χ2v) is 10.3. The van der Waals surface area contributed by atoms with Crippen molar-refractivity contribution in [3.05, 3.63) is 53.6 Å². The van der Waals surface area contributed by atoms with Gasteiger partial charge < -0.3 is 25.0 Å². The summed E-state index contributed by atoms with van der Waals surface area (Å²) in [5, 5.41) is 8.95. The maximum Gasteiger partial charge on any atom is 0.416 e. The number of carbonyl (C=O) groups excluding carboxylic acids is 2. The molecule has 12 heteroatoms. The Labute approximate surface area is 209 Å². The maximum absolute atomic E-state index is 12.9. The lowest BCUT2D eigenvalue weighted by molar-refractivity contribution is -0.137. The summed E-state index contributed by atoms with van der Waals surface area (Å²) in [6.07, 6.45) is -3.23. The number of amides is 3. The molecule has 2 fully saturated rings. The first kappa shape index (κ1) is 24.6. The molecule has 3 N–H and O–H groups in total. The molecule has 2 aromatic carbocycles. The third kappa shape index (κ3) is 5.34. The highest BCUT2D eigenvalue weighted by molar-refractivity contribution is 8.01. The third-order valence-corrected chi connectivity index (χ3v) is 8.06. The first-order valence-electron chi connectivity index (χ1n) is 11.5. The zero-order chi connectivity index (χ0) is 25.3. The standard InChI is InChI=1S/C24H25F3N4O4S/c25-24(26,27)16-2-1-3-17(11-16)29-22(33)31-8-6-23(7-9-31)30-18(13-36-23)21(32)28-12-15-4-5-19-20(10-15)35-14-34-19/h1-5,10-11,18,30H,6-9,12-14H2,(H,28,32)(H,29,33). The lowest BCUT2D eigenvalue weighted by Gasteiger charge is -2.39. The molecule has 1 unspecified atom stereocenters. The molecule has 3 aliphatic heterocycles. The van der Waals surface area contributed by atoms with Gasteiger partial charge in [-0.3, -0.25) is 10.1 Å². The van der Waals surface area contributed by atoms with E-state index in [9.17, 15) is 22.8 Å². The second-order valence-electron chi connectivity index (χ2n) is 8.90. The van der Waals surface area contributed by atoms with Crippen LogP contribution < -0.4 is 25.4 Å². The van der Waals surface area contributed by atoms with Crippen LogP contribution in [-0.4, -0.2) is 53.4 Å². The number of urea groups is 1. The molecule has 2 aromatic rings. The number of benzene rings is 2. The van der Waals surface area contributed by atoms with Gasteiger partial charge in [0.15, 0.2) is 11.5 Å². The molecule has 192 valence electrons. The van der Waals surface area contributed by atoms with E-state index in [0.29, 0.717) is 49.7 Å². The molecule has 0 bridgehead atoms. The van der Waals surface area contributed by atoms with Gasteiger partial charge >= 0.3 is 12.2 Å². The van der Waals surface area contributed by atoms with Crippen LogP contribution in [0.1, 0.15) is 24.0 Å². The summed E-state index contributed by atoms with van der Waals surface area (Å²) < 4.78 is 49.5. The Kier molecular flexibility index (Phi) is 6.64. The topological polar surface area (TPSA) is 91.9 Å². The maximum atomic E-state index is 12.9. The van der Waals surface area contributed by atoms with Gasteiger partial charge in [-0.1, -0.05) is 12.1 Å². The molecule has 3 heterocycles. The Morgan fingerprint density at radius 2 is 1.89 bits per heavy atom. The van der Waals surface area contributed by atoms with Crippen molar-refractivity contribution in [3.8, 4) is 11.5 Å². The minimum absolute atomic E-state index is 0.0956. The lowest BCUT2D eigenvalue weighted by Crippen LogP contribution is -2.54. The minimum atomic E-state index is -4.48. The highest BCUT2D eigenvalue weighted by Gasteiger charge is 2.44. The molecule has 0 aromatic heterocycles. The Balaban J connectivity index is 1.10. The molecular weight excluding hydrogens is 497 g/mol. The summed E-state index contributed by atoms with van der Waals surface area (Å²) in [4.78, 5) is 26.6. The Morgan fingerprint density at radius 1 is 1.11 bits per heavy atom. The van der Waals surface area contributed by atoms with Crippen LogP contribution in [0.3, 0.4) is 0 Å². The van der Waals surface area contributed by atoms with Gasteiger partial charge in [-0.2, -0.15) is 13.2 Å². The van der Waals surface area contributed by atoms with E-state index in [1.165, 1.54) is 12.1 Å². The number of piperidine rings is 1. The van der Waals surface area contributed by atoms with Crippen molar-refractivity contribution in [2.24, 2.45) is 0 Å². The minimum Gasteiger partial charge on any atom is -0.454 e. The first-order valence-corrected chi connectivity index (χ1v) is 12.5. The molecule has 36 heavy (non-hydrogen) atoms. The number of carbonyl (C=O) groups is 2. The van der Waals surface area contributed by atoms with Crippen LogP contribution in [0.15, 0.2) is 42.5 Å². The fraction of sp³-hybridized carbons (Fsp3) is 0.417. The van der Waals surface area contributed by atoms with Crippen molar-refractivity contribution < 1.29 is 32.2 Å². The molecule has 0 aliphatic carbocycles. The average molecular weight is 523 g/mol. The normalized spacial score (nSPS) is 20.4. The molecule has 0 saturated carbocycles. The summed E-state index contributed by atoms with van der Waals surface area (Å²) >= 11 is 1.67. The first-order chi connectivity index (χ1) is 17.2. The fourth-order valence-electron chi connectivity index (χ4n) is 4.48. The molecule has 5 rings (SSSR count). The Morgan fingerprint density at radius 3 is 2.67 bits per heavy atom. The predicted octanol–water partition coefficient (Wildman–Crippen LogP) is 3.78. The van der Waals surface area contributed by atoms with Crippen molar-refractivity contribution in [2.45, 2.75) is 36.5 Å². The van der Waals surface area contributed by atoms with Crippen molar-refractivity contribution in [2.75, 3.05) is 31.0 Å². The van der Waals surface area contributed by atoms with E-state index in [2.05, 4.69) is 16.0 Å². The van der Waals surface area contributed by atoms with E-state index in [0.717, 1.165) is 17.7 Å². The fourth-order valence-corrected chi connectivity index (χ4v) is 5.90. The molecule has 3 aliphatic rings. The number of hydrogen-bond donors (Lipinski definition) is 3. The predicted molar refractivity (Wildman–Crippen MR) is 128 cm³/mol. The Hall–Kier alpha value is -3.12. The van der Waals surface area contributed by atoms with E-state index >= 15 is 0 Å². The van der Waals surface area contributed by atoms with Gasteiger partial charge in [0.05, 0.1) is 16.5 Å². The summed E-state index contributed by atoms with van der Waals surface area (Å²) in [6.45, 7) is 1.42. The quantitative estimate of drug-likeness (QED) is 0.566. The number of nitrogens with zero attached hydrogens (tertiary/aromatic N) is 1. The van der Waals surface area contributed by atoms with Gasteiger partial charge in [0.25, 0.3) is 0 Å². The van der Waals surface area contributed by atoms with Gasteiger partial charge in [-0.25, -0.2) is 4.79 Å². The smallest absolute Gasteiger partial charge is 0.416 e. The van der Waals surface area contributed by atoms with Gasteiger partial charge in [0.1, 0.15) is 0 Å². The van der Waals surface area contributed by atoms with Gasteiger partial charge in [0.2, 0.25) is 12.7 Å². The molecule has 0 radical (unpaired) electrons. The number of alkyl halides is 3. The van der Waals surface area contributed by atoms with Crippen LogP contribution in [0.4, 0.5) is 23.7 Å². The number of anilines is 1. The largest absolute Gasteiger partial charge is 0.454 e. The molecule has 8 nitrogen and oxygen atoms in total. The molecule has 1 spiro atoms. The van der Waals surface area contributed by atoms with E-state index in [1.807, 2.05) is 18.2 Å². The van der Waals surface area contributed by atoms with Gasteiger partial charge in [0, 0.05) is 31.1 Å². The molecule has 3 amide bonds. The summed E-state index contributed by atoms with van der Waals surface area (Å²) in [5.74, 6) is 1.88. The molecule has 1 atom stereocenters. The SMILES string of the molecule is O=C(NCc1ccc2c(c1)OCO2)C1CSC2(CCN(C(=O)Nc3cccc(C(F)(F)F)c3)CC2)N1. The number of thioether (sulfide) groups is 1. The van der Waals surface area contributed by atoms with Crippen molar-refractivity contribution in [3.63, 3.8) is 0 Å². The summed E-state index contributed by atoms with van der Waals surface area (Å²) in [6, 6.07) is 9.34. The summed E-state index contributed by atoms with van der Waals surface area (Å²) in [7, 11) is 0. The number of hydrogen-bond acceptors (Lipinski definition) is 6. The molecule has 2 saturated heterocycles. The number of nitrogens with one attached hydrogen (secondary N) is 3. The zero-order valence-corrected chi connectivity index (χ0v) is 20.0. The van der Waals surface area contributed by atoms with Crippen LogP contribution in [0, 0.1) is 0 Å². The molecular formula is C24H25F3N4O4S. The highest BCUT2D eigenvalue weighted by atomic mass is 32.2.